The minimum Gasteiger partial charge on any atom is -0.378 e. The van der Waals surface area contributed by atoms with Crippen molar-refractivity contribution < 1.29 is 9.47 Å². The molecule has 66 valence electrons. The molecule has 2 heterocycles. The van der Waals surface area contributed by atoms with E-state index in [2.05, 4.69) is 11.0 Å². The Balaban J connectivity index is 1.95. The summed E-state index contributed by atoms with van der Waals surface area (Å²) in [5.41, 5.74) is 0. The highest BCUT2D eigenvalue weighted by Crippen LogP contribution is 2.14. The van der Waals surface area contributed by atoms with E-state index in [1.165, 1.54) is 0 Å². The molecule has 0 saturated carbocycles. The molecule has 2 saturated heterocycles. The van der Waals surface area contributed by atoms with Gasteiger partial charge in [0.05, 0.1) is 31.9 Å². The first-order valence-corrected chi connectivity index (χ1v) is 4.23. The van der Waals surface area contributed by atoms with Crippen molar-refractivity contribution in [2.75, 3.05) is 32.9 Å². The van der Waals surface area contributed by atoms with Gasteiger partial charge in [0, 0.05) is 13.1 Å². The van der Waals surface area contributed by atoms with E-state index in [9.17, 15) is 0 Å². The van der Waals surface area contributed by atoms with Crippen molar-refractivity contribution in [2.45, 2.75) is 12.1 Å². The highest BCUT2D eigenvalue weighted by Gasteiger charge is 2.30. The molecule has 4 heteroatoms. The Bertz CT molecular complexity index is 202. The van der Waals surface area contributed by atoms with Gasteiger partial charge in [0.1, 0.15) is 0 Å². The second kappa shape index (κ2) is 3.40. The van der Waals surface area contributed by atoms with E-state index in [1.54, 1.807) is 0 Å². The smallest absolute Gasteiger partial charge is 0.156 e. The highest BCUT2D eigenvalue weighted by molar-refractivity contribution is 4.93. The minimum atomic E-state index is -0.237. The summed E-state index contributed by atoms with van der Waals surface area (Å²) in [7, 11) is 0. The van der Waals surface area contributed by atoms with E-state index in [4.69, 9.17) is 14.7 Å². The monoisotopic (exact) mass is 168 g/mol. The first-order valence-electron chi connectivity index (χ1n) is 4.23. The predicted molar refractivity (Wildman–Crippen MR) is 41.5 cm³/mol. The van der Waals surface area contributed by atoms with Crippen molar-refractivity contribution in [2.24, 2.45) is 0 Å². The van der Waals surface area contributed by atoms with Crippen LogP contribution in [-0.2, 0) is 9.47 Å². The van der Waals surface area contributed by atoms with Crippen molar-refractivity contribution in [1.82, 2.24) is 4.90 Å². The average molecular weight is 168 g/mol. The third-order valence-corrected chi connectivity index (χ3v) is 2.38. The molecule has 2 atom stereocenters. The number of hydrogen-bond acceptors (Lipinski definition) is 4. The van der Waals surface area contributed by atoms with Gasteiger partial charge >= 0.3 is 0 Å². The summed E-state index contributed by atoms with van der Waals surface area (Å²) in [5, 5.41) is 8.65. The van der Waals surface area contributed by atoms with E-state index in [0.29, 0.717) is 12.6 Å². The van der Waals surface area contributed by atoms with Crippen LogP contribution in [0.4, 0.5) is 0 Å². The van der Waals surface area contributed by atoms with Crippen LogP contribution in [0.25, 0.3) is 0 Å². The van der Waals surface area contributed by atoms with Crippen molar-refractivity contribution in [1.29, 1.82) is 5.26 Å². The fraction of sp³-hybridized carbons (Fsp3) is 0.875. The molecule has 4 nitrogen and oxygen atoms in total. The number of morpholine rings is 2. The molecule has 2 fully saturated rings. The molecule has 0 spiro atoms. The van der Waals surface area contributed by atoms with Gasteiger partial charge in [-0.1, -0.05) is 0 Å². The summed E-state index contributed by atoms with van der Waals surface area (Å²) in [4.78, 5) is 2.28. The summed E-state index contributed by atoms with van der Waals surface area (Å²) in [6.07, 6.45) is -0.237. The molecular weight excluding hydrogens is 156 g/mol. The van der Waals surface area contributed by atoms with Gasteiger partial charge in [0.15, 0.2) is 6.10 Å². The van der Waals surface area contributed by atoms with Gasteiger partial charge < -0.3 is 9.47 Å². The number of nitriles is 1. The standard InChI is InChI=1S/C8H12N2O2/c9-3-8-4-10-1-2-11-5-7(10)6-12-8/h7-8H,1-2,4-6H2/t7-,8-/m0/s1. The van der Waals surface area contributed by atoms with Gasteiger partial charge in [-0.3, -0.25) is 4.90 Å². The molecule has 2 aliphatic heterocycles. The lowest BCUT2D eigenvalue weighted by Gasteiger charge is -2.40. The molecule has 0 aliphatic carbocycles. The van der Waals surface area contributed by atoms with E-state index < -0.39 is 0 Å². The summed E-state index contributed by atoms with van der Waals surface area (Å²) in [6, 6.07) is 2.51. The van der Waals surface area contributed by atoms with Crippen LogP contribution in [0.1, 0.15) is 0 Å². The maximum atomic E-state index is 8.65. The van der Waals surface area contributed by atoms with Crippen molar-refractivity contribution >= 4 is 0 Å². The van der Waals surface area contributed by atoms with Gasteiger partial charge in [0.2, 0.25) is 0 Å². The lowest BCUT2D eigenvalue weighted by molar-refractivity contribution is -0.101. The number of ether oxygens (including phenoxy) is 2. The van der Waals surface area contributed by atoms with Gasteiger partial charge in [-0.25, -0.2) is 0 Å². The van der Waals surface area contributed by atoms with Gasteiger partial charge in [-0.15, -0.1) is 0 Å². The van der Waals surface area contributed by atoms with Gasteiger partial charge in [-0.2, -0.15) is 5.26 Å². The van der Waals surface area contributed by atoms with E-state index in [-0.39, 0.29) is 6.10 Å². The second-order valence-corrected chi connectivity index (χ2v) is 3.17. The summed E-state index contributed by atoms with van der Waals surface area (Å²) < 4.78 is 10.6. The molecule has 0 aromatic rings. The lowest BCUT2D eigenvalue weighted by Crippen LogP contribution is -2.55. The fourth-order valence-electron chi connectivity index (χ4n) is 1.65. The van der Waals surface area contributed by atoms with Crippen molar-refractivity contribution in [3.05, 3.63) is 0 Å². The third kappa shape index (κ3) is 1.44. The Kier molecular flexibility index (Phi) is 2.26. The van der Waals surface area contributed by atoms with Crippen molar-refractivity contribution in [3.63, 3.8) is 0 Å². The van der Waals surface area contributed by atoms with Crippen LogP contribution in [-0.4, -0.2) is 50.0 Å². The largest absolute Gasteiger partial charge is 0.378 e. The van der Waals surface area contributed by atoms with Crippen LogP contribution < -0.4 is 0 Å². The van der Waals surface area contributed by atoms with Crippen LogP contribution in [0, 0.1) is 11.3 Å². The Morgan fingerprint density at radius 1 is 1.42 bits per heavy atom. The number of rotatable bonds is 0. The fourth-order valence-corrected chi connectivity index (χ4v) is 1.65. The maximum absolute atomic E-state index is 8.65. The third-order valence-electron chi connectivity index (χ3n) is 2.38. The molecule has 0 amide bonds. The van der Waals surface area contributed by atoms with Crippen LogP contribution in [0.15, 0.2) is 0 Å². The summed E-state index contributed by atoms with van der Waals surface area (Å²) >= 11 is 0. The summed E-state index contributed by atoms with van der Waals surface area (Å²) in [5.74, 6) is 0. The molecule has 0 aromatic carbocycles. The van der Waals surface area contributed by atoms with Gasteiger partial charge in [0.25, 0.3) is 0 Å². The molecular formula is C8H12N2O2. The van der Waals surface area contributed by atoms with Crippen LogP contribution >= 0.6 is 0 Å². The zero-order valence-electron chi connectivity index (χ0n) is 6.90. The zero-order valence-corrected chi connectivity index (χ0v) is 6.90. The van der Waals surface area contributed by atoms with Crippen LogP contribution in [0.2, 0.25) is 0 Å². The van der Waals surface area contributed by atoms with Crippen LogP contribution in [0.5, 0.6) is 0 Å². The SMILES string of the molecule is N#C[C@H]1CN2CCOC[C@H]2CO1. The van der Waals surface area contributed by atoms with E-state index in [0.717, 1.165) is 26.3 Å². The molecule has 2 rings (SSSR count). The minimum absolute atomic E-state index is 0.237. The Morgan fingerprint density at radius 3 is 3.17 bits per heavy atom. The first-order chi connectivity index (χ1) is 5.90. The Morgan fingerprint density at radius 2 is 2.33 bits per heavy atom. The molecule has 0 bridgehead atoms. The topological polar surface area (TPSA) is 45.5 Å². The normalized spacial score (nSPS) is 36.9. The molecule has 12 heavy (non-hydrogen) atoms. The zero-order chi connectivity index (χ0) is 8.39. The molecule has 0 N–H and O–H groups in total. The van der Waals surface area contributed by atoms with Crippen molar-refractivity contribution in [3.8, 4) is 6.07 Å². The number of fused-ring (bicyclic) bond motifs is 1. The van der Waals surface area contributed by atoms with E-state index in [1.807, 2.05) is 0 Å². The van der Waals surface area contributed by atoms with Gasteiger partial charge in [-0.05, 0) is 0 Å². The quantitative estimate of drug-likeness (QED) is 0.494. The Hall–Kier alpha value is -0.630. The average Bonchev–Trinajstić information content (AvgIpc) is 2.17. The number of hydrogen-bond donors (Lipinski definition) is 0. The van der Waals surface area contributed by atoms with E-state index >= 15 is 0 Å². The highest BCUT2D eigenvalue weighted by atomic mass is 16.5. The lowest BCUT2D eigenvalue weighted by atomic mass is 10.2. The molecule has 2 aliphatic rings. The molecule has 0 radical (unpaired) electrons. The van der Waals surface area contributed by atoms with Crippen LogP contribution in [0.3, 0.4) is 0 Å². The first kappa shape index (κ1) is 7.99. The molecule has 0 aromatic heterocycles. The number of nitrogens with zero attached hydrogens (tertiary/aromatic N) is 2. The Labute approximate surface area is 71.7 Å². The second-order valence-electron chi connectivity index (χ2n) is 3.17. The summed E-state index contributed by atoms with van der Waals surface area (Å²) in [6.45, 7) is 3.85. The predicted octanol–water partition coefficient (Wildman–Crippen LogP) is -0.390. The maximum Gasteiger partial charge on any atom is 0.156 e. The molecule has 0 unspecified atom stereocenters.